The van der Waals surface area contributed by atoms with Crippen molar-refractivity contribution in [3.8, 4) is 0 Å². The van der Waals surface area contributed by atoms with Gasteiger partial charge in [-0.15, -0.1) is 11.3 Å². The molecule has 1 N–H and O–H groups in total. The molecule has 4 rings (SSSR count). The molecule has 1 atom stereocenters. The van der Waals surface area contributed by atoms with Crippen LogP contribution in [0.25, 0.3) is 0 Å². The molecule has 8 nitrogen and oxygen atoms in total. The second-order valence-corrected chi connectivity index (χ2v) is 9.33. The summed E-state index contributed by atoms with van der Waals surface area (Å²) >= 11 is 1.61. The van der Waals surface area contributed by atoms with Crippen molar-refractivity contribution >= 4 is 46.5 Å². The normalized spacial score (nSPS) is 15.3. The monoisotopic (exact) mass is 505 g/mol. The van der Waals surface area contributed by atoms with Crippen molar-refractivity contribution in [2.24, 2.45) is 0 Å². The maximum absolute atomic E-state index is 13.4. The molecule has 2 heterocycles. The van der Waals surface area contributed by atoms with Gasteiger partial charge in [-0.25, -0.2) is 14.5 Å². The molecule has 0 unspecified atom stereocenters. The zero-order valence-electron chi connectivity index (χ0n) is 20.1. The number of hydrogen-bond acceptors (Lipinski definition) is 6. The molecule has 186 valence electrons. The minimum absolute atomic E-state index is 0.184. The first-order chi connectivity index (χ1) is 17.4. The predicted molar refractivity (Wildman–Crippen MR) is 138 cm³/mol. The summed E-state index contributed by atoms with van der Waals surface area (Å²) in [7, 11) is 0. The average Bonchev–Trinajstić information content (AvgIpc) is 3.38. The molecule has 4 amide bonds. The van der Waals surface area contributed by atoms with E-state index in [1.807, 2.05) is 24.4 Å². The molecule has 3 aromatic rings. The molecule has 0 spiro atoms. The predicted octanol–water partition coefficient (Wildman–Crippen LogP) is 4.64. The first-order valence-electron chi connectivity index (χ1n) is 11.7. The van der Waals surface area contributed by atoms with E-state index in [2.05, 4.69) is 5.32 Å². The van der Waals surface area contributed by atoms with Crippen LogP contribution in [-0.4, -0.2) is 47.9 Å². The lowest BCUT2D eigenvalue weighted by atomic mass is 10.1. The van der Waals surface area contributed by atoms with Crippen molar-refractivity contribution in [1.29, 1.82) is 0 Å². The minimum atomic E-state index is -0.920. The quantitative estimate of drug-likeness (QED) is 0.338. The average molecular weight is 506 g/mol. The van der Waals surface area contributed by atoms with Crippen LogP contribution in [0.5, 0.6) is 0 Å². The number of thiophene rings is 1. The van der Waals surface area contributed by atoms with Gasteiger partial charge in [-0.2, -0.15) is 0 Å². The summed E-state index contributed by atoms with van der Waals surface area (Å²) < 4.78 is 4.97. The highest BCUT2D eigenvalue weighted by molar-refractivity contribution is 7.10. The maximum Gasteiger partial charge on any atom is 0.338 e. The molecule has 2 aromatic carbocycles. The van der Waals surface area contributed by atoms with Crippen LogP contribution in [0.4, 0.5) is 16.2 Å². The number of imide groups is 1. The molecule has 0 bridgehead atoms. The number of para-hydroxylation sites is 1. The van der Waals surface area contributed by atoms with Gasteiger partial charge in [0.05, 0.1) is 24.3 Å². The van der Waals surface area contributed by atoms with Gasteiger partial charge in [0, 0.05) is 17.1 Å². The number of benzene rings is 2. The summed E-state index contributed by atoms with van der Waals surface area (Å²) in [4.78, 5) is 55.2. The van der Waals surface area contributed by atoms with Crippen LogP contribution in [0.1, 0.15) is 34.1 Å². The molecule has 1 saturated heterocycles. The standard InChI is InChI=1S/C27H27N3O5S/c1-3-35-26(33)19-9-11-20(12-10-19)28-24(31)17-22-25(32)30(21-7-5-4-6-8-21)27(34)29(22)15-13-23-18(2)14-16-36-23/h4-12,14,16,22H,3,13,15,17H2,1-2H3,(H,28,31)/t22-/m0/s1. The van der Waals surface area contributed by atoms with E-state index < -0.39 is 29.9 Å². The number of carbonyl (C=O) groups is 4. The van der Waals surface area contributed by atoms with Crippen LogP contribution in [0.15, 0.2) is 66.0 Å². The van der Waals surface area contributed by atoms with Crippen molar-refractivity contribution in [3.63, 3.8) is 0 Å². The van der Waals surface area contributed by atoms with E-state index in [1.165, 1.54) is 4.90 Å². The van der Waals surface area contributed by atoms with Crippen molar-refractivity contribution < 1.29 is 23.9 Å². The van der Waals surface area contributed by atoms with Crippen molar-refractivity contribution in [2.45, 2.75) is 32.7 Å². The number of amides is 4. The van der Waals surface area contributed by atoms with Gasteiger partial charge < -0.3 is 15.0 Å². The zero-order valence-corrected chi connectivity index (χ0v) is 20.9. The largest absolute Gasteiger partial charge is 0.462 e. The number of ether oxygens (including phenoxy) is 1. The lowest BCUT2D eigenvalue weighted by Crippen LogP contribution is -2.39. The van der Waals surface area contributed by atoms with Crippen LogP contribution in [0.3, 0.4) is 0 Å². The molecule has 0 radical (unpaired) electrons. The molecule has 1 aliphatic heterocycles. The number of esters is 1. The van der Waals surface area contributed by atoms with Crippen LogP contribution >= 0.6 is 11.3 Å². The van der Waals surface area contributed by atoms with E-state index in [0.717, 1.165) is 15.3 Å². The molecule has 36 heavy (non-hydrogen) atoms. The Hall–Kier alpha value is -3.98. The summed E-state index contributed by atoms with van der Waals surface area (Å²) in [6.45, 7) is 4.33. The molecule has 1 fully saturated rings. The number of nitrogens with one attached hydrogen (secondary N) is 1. The first-order valence-corrected chi connectivity index (χ1v) is 12.6. The van der Waals surface area contributed by atoms with E-state index >= 15 is 0 Å². The van der Waals surface area contributed by atoms with Crippen LogP contribution in [0, 0.1) is 6.92 Å². The fourth-order valence-electron chi connectivity index (χ4n) is 4.08. The van der Waals surface area contributed by atoms with E-state index in [9.17, 15) is 19.2 Å². The highest BCUT2D eigenvalue weighted by Gasteiger charge is 2.46. The van der Waals surface area contributed by atoms with Gasteiger partial charge in [-0.3, -0.25) is 9.59 Å². The molecule has 0 saturated carbocycles. The molecule has 9 heteroatoms. The second-order valence-electron chi connectivity index (χ2n) is 8.33. The highest BCUT2D eigenvalue weighted by atomic mass is 32.1. The summed E-state index contributed by atoms with van der Waals surface area (Å²) in [5.41, 5.74) is 2.46. The number of hydrogen-bond donors (Lipinski definition) is 1. The van der Waals surface area contributed by atoms with Gasteiger partial charge >= 0.3 is 12.0 Å². The lowest BCUT2D eigenvalue weighted by Gasteiger charge is -2.21. The van der Waals surface area contributed by atoms with Crippen molar-refractivity contribution in [1.82, 2.24) is 4.90 Å². The Labute approximate surface area is 213 Å². The number of nitrogens with zero attached hydrogens (tertiary/aromatic N) is 2. The Morgan fingerprint density at radius 2 is 1.75 bits per heavy atom. The van der Waals surface area contributed by atoms with E-state index in [4.69, 9.17) is 4.74 Å². The van der Waals surface area contributed by atoms with Gasteiger partial charge in [-0.1, -0.05) is 18.2 Å². The van der Waals surface area contributed by atoms with Gasteiger partial charge in [0.25, 0.3) is 5.91 Å². The van der Waals surface area contributed by atoms with Gasteiger partial charge in [0.1, 0.15) is 6.04 Å². The zero-order chi connectivity index (χ0) is 25.7. The number of anilines is 2. The van der Waals surface area contributed by atoms with Crippen molar-refractivity contribution in [3.05, 3.63) is 82.0 Å². The number of carbonyl (C=O) groups excluding carboxylic acids is 4. The third kappa shape index (κ3) is 5.46. The summed E-state index contributed by atoms with van der Waals surface area (Å²) in [6, 6.07) is 15.7. The number of aryl methyl sites for hydroxylation is 1. The smallest absolute Gasteiger partial charge is 0.338 e. The number of rotatable bonds is 9. The molecule has 0 aliphatic carbocycles. The Morgan fingerprint density at radius 3 is 2.39 bits per heavy atom. The van der Waals surface area contributed by atoms with Gasteiger partial charge in [0.2, 0.25) is 5.91 Å². The Balaban J connectivity index is 1.49. The van der Waals surface area contributed by atoms with Crippen LogP contribution in [-0.2, 0) is 20.7 Å². The Morgan fingerprint density at radius 1 is 1.03 bits per heavy atom. The summed E-state index contributed by atoms with van der Waals surface area (Å²) in [6.07, 6.45) is 0.412. The minimum Gasteiger partial charge on any atom is -0.462 e. The third-order valence-corrected chi connectivity index (χ3v) is 7.02. The highest BCUT2D eigenvalue weighted by Crippen LogP contribution is 2.28. The van der Waals surface area contributed by atoms with Crippen molar-refractivity contribution in [2.75, 3.05) is 23.4 Å². The maximum atomic E-state index is 13.4. The van der Waals surface area contributed by atoms with Gasteiger partial charge in [0.15, 0.2) is 0 Å². The fraction of sp³-hybridized carbons (Fsp3) is 0.259. The van der Waals surface area contributed by atoms with E-state index in [-0.39, 0.29) is 13.0 Å². The van der Waals surface area contributed by atoms with E-state index in [0.29, 0.717) is 29.9 Å². The SMILES string of the molecule is CCOC(=O)c1ccc(NC(=O)C[C@H]2C(=O)N(c3ccccc3)C(=O)N2CCc2sccc2C)cc1. The molecule has 1 aliphatic rings. The Bertz CT molecular complexity index is 1260. The lowest BCUT2D eigenvalue weighted by molar-refractivity contribution is -0.124. The van der Waals surface area contributed by atoms with Gasteiger partial charge in [-0.05, 0) is 73.7 Å². The van der Waals surface area contributed by atoms with E-state index in [1.54, 1.807) is 66.8 Å². The van der Waals surface area contributed by atoms with Crippen LogP contribution in [0.2, 0.25) is 0 Å². The third-order valence-electron chi connectivity index (χ3n) is 5.94. The molecular formula is C27H27N3O5S. The summed E-state index contributed by atoms with van der Waals surface area (Å²) in [5, 5.41) is 4.75. The Kier molecular flexibility index (Phi) is 7.80. The number of urea groups is 1. The van der Waals surface area contributed by atoms with Crippen LogP contribution < -0.4 is 10.2 Å². The second kappa shape index (κ2) is 11.2. The molecule has 1 aromatic heterocycles. The fourth-order valence-corrected chi connectivity index (χ4v) is 4.98. The first kappa shape index (κ1) is 25.1. The summed E-state index contributed by atoms with van der Waals surface area (Å²) in [5.74, 6) is -1.28. The topological polar surface area (TPSA) is 96.0 Å². The molecular weight excluding hydrogens is 478 g/mol.